The monoisotopic (exact) mass is 380 g/mol. The third kappa shape index (κ3) is 8.47. The van der Waals surface area contributed by atoms with Crippen molar-refractivity contribution in [2.75, 3.05) is 26.7 Å². The minimum absolute atomic E-state index is 0. The minimum atomic E-state index is 0. The molecule has 3 N–H and O–H groups in total. The molecule has 0 radical (unpaired) electrons. The Hall–Kier alpha value is -0.300. The maximum atomic E-state index is 5.77. The summed E-state index contributed by atoms with van der Waals surface area (Å²) in [4.78, 5) is 6.64. The summed E-state index contributed by atoms with van der Waals surface area (Å²) < 4.78 is 0. The fourth-order valence-corrected chi connectivity index (χ4v) is 2.34. The Morgan fingerprint density at radius 3 is 2.58 bits per heavy atom. The maximum absolute atomic E-state index is 5.77. The van der Waals surface area contributed by atoms with Crippen LogP contribution >= 0.6 is 24.0 Å². The normalized spacial score (nSPS) is 17.1. The Morgan fingerprint density at radius 2 is 2.00 bits per heavy atom. The molecule has 0 aromatic rings. The van der Waals surface area contributed by atoms with Gasteiger partial charge in [-0.2, -0.15) is 0 Å². The summed E-state index contributed by atoms with van der Waals surface area (Å²) in [5.41, 5.74) is 6.79. The second kappa shape index (κ2) is 10.5. The van der Waals surface area contributed by atoms with E-state index in [9.17, 15) is 0 Å². The van der Waals surface area contributed by atoms with Crippen molar-refractivity contribution in [1.82, 2.24) is 10.2 Å². The van der Waals surface area contributed by atoms with Crippen molar-refractivity contribution >= 4 is 29.9 Å². The fourth-order valence-electron chi connectivity index (χ4n) is 2.34. The largest absolute Gasteiger partial charge is 0.370 e. The Kier molecular flexibility index (Phi) is 10.3. The van der Waals surface area contributed by atoms with Crippen LogP contribution in [0.15, 0.2) is 17.1 Å². The van der Waals surface area contributed by atoms with Crippen molar-refractivity contribution in [3.63, 3.8) is 0 Å². The van der Waals surface area contributed by atoms with Crippen LogP contribution in [0, 0.1) is 0 Å². The van der Waals surface area contributed by atoms with Crippen molar-refractivity contribution in [3.8, 4) is 0 Å². The van der Waals surface area contributed by atoms with Crippen molar-refractivity contribution in [2.45, 2.75) is 45.1 Å². The van der Waals surface area contributed by atoms with Gasteiger partial charge in [-0.15, -0.1) is 24.0 Å². The third-order valence-corrected chi connectivity index (χ3v) is 3.49. The van der Waals surface area contributed by atoms with Gasteiger partial charge in [0.15, 0.2) is 5.96 Å². The first-order valence-electron chi connectivity index (χ1n) is 6.98. The van der Waals surface area contributed by atoms with E-state index >= 15 is 0 Å². The van der Waals surface area contributed by atoms with E-state index in [1.807, 2.05) is 6.92 Å². The van der Waals surface area contributed by atoms with Crippen molar-refractivity contribution < 1.29 is 0 Å². The number of aliphatic imine (C=N–C) groups is 1. The summed E-state index contributed by atoms with van der Waals surface area (Å²) in [6, 6.07) is 0.758. The lowest BCUT2D eigenvalue weighted by atomic mass is 9.94. The van der Waals surface area contributed by atoms with Gasteiger partial charge in [-0.05, 0) is 26.8 Å². The van der Waals surface area contributed by atoms with Crippen molar-refractivity contribution in [3.05, 3.63) is 12.2 Å². The van der Waals surface area contributed by atoms with E-state index in [1.165, 1.54) is 32.1 Å². The first-order chi connectivity index (χ1) is 8.59. The molecule has 0 aromatic heterocycles. The molecule has 5 heteroatoms. The summed E-state index contributed by atoms with van der Waals surface area (Å²) in [6.45, 7) is 8.24. The molecule has 0 aromatic carbocycles. The molecule has 1 fully saturated rings. The molecule has 19 heavy (non-hydrogen) atoms. The van der Waals surface area contributed by atoms with Gasteiger partial charge >= 0.3 is 0 Å². The second-order valence-electron chi connectivity index (χ2n) is 5.36. The molecule has 0 amide bonds. The van der Waals surface area contributed by atoms with Crippen LogP contribution in [0.4, 0.5) is 0 Å². The highest BCUT2D eigenvalue weighted by Gasteiger charge is 2.17. The molecule has 0 saturated heterocycles. The molecule has 0 bridgehead atoms. The zero-order chi connectivity index (χ0) is 13.4. The SMILES string of the molecule is C=C(C)CN=C(N)NCCN(C)C1CCCCC1.I. The van der Waals surface area contributed by atoms with Crippen LogP contribution in [0.2, 0.25) is 0 Å². The molecule has 1 saturated carbocycles. The van der Waals surface area contributed by atoms with Crippen molar-refractivity contribution in [1.29, 1.82) is 0 Å². The Balaban J connectivity index is 0.00000324. The van der Waals surface area contributed by atoms with Crippen LogP contribution in [0.3, 0.4) is 0 Å². The van der Waals surface area contributed by atoms with Crippen molar-refractivity contribution in [2.24, 2.45) is 10.7 Å². The number of guanidine groups is 1. The predicted octanol–water partition coefficient (Wildman–Crippen LogP) is 2.35. The Bertz CT molecular complexity index is 285. The van der Waals surface area contributed by atoms with Gasteiger partial charge in [-0.25, -0.2) is 4.99 Å². The lowest BCUT2D eigenvalue weighted by molar-refractivity contribution is 0.194. The number of nitrogens with one attached hydrogen (secondary N) is 1. The van der Waals surface area contributed by atoms with Gasteiger partial charge < -0.3 is 16.0 Å². The quantitative estimate of drug-likeness (QED) is 0.322. The Labute approximate surface area is 134 Å². The highest BCUT2D eigenvalue weighted by Crippen LogP contribution is 2.21. The molecule has 0 atom stereocenters. The number of nitrogens with zero attached hydrogens (tertiary/aromatic N) is 2. The predicted molar refractivity (Wildman–Crippen MR) is 94.2 cm³/mol. The fraction of sp³-hybridized carbons (Fsp3) is 0.786. The molecule has 4 nitrogen and oxygen atoms in total. The molecule has 0 heterocycles. The average Bonchev–Trinajstić information content (AvgIpc) is 2.37. The highest BCUT2D eigenvalue weighted by molar-refractivity contribution is 14.0. The average molecular weight is 380 g/mol. The zero-order valence-electron chi connectivity index (χ0n) is 12.3. The summed E-state index contributed by atoms with van der Waals surface area (Å²) in [7, 11) is 2.21. The lowest BCUT2D eigenvalue weighted by Crippen LogP contribution is -2.41. The third-order valence-electron chi connectivity index (χ3n) is 3.49. The summed E-state index contributed by atoms with van der Waals surface area (Å²) in [5.74, 6) is 0.523. The first-order valence-corrected chi connectivity index (χ1v) is 6.98. The molecular formula is C14H29IN4. The zero-order valence-corrected chi connectivity index (χ0v) is 14.7. The molecule has 1 rings (SSSR count). The molecule has 1 aliphatic rings. The summed E-state index contributed by atoms with van der Waals surface area (Å²) in [6.07, 6.45) is 6.85. The number of halogens is 1. The standard InChI is InChI=1S/C14H28N4.HI/c1-12(2)11-17-14(15)16-9-10-18(3)13-7-5-4-6-8-13;/h13H,1,4-11H2,2-3H3,(H3,15,16,17);1H. The molecule has 112 valence electrons. The van der Waals surface area contributed by atoms with E-state index in [0.29, 0.717) is 12.5 Å². The van der Waals surface area contributed by atoms with Gasteiger partial charge in [0.1, 0.15) is 0 Å². The number of likely N-dealkylation sites (N-methyl/N-ethyl adjacent to an activating group) is 1. The van der Waals surface area contributed by atoms with Gasteiger partial charge in [-0.3, -0.25) is 0 Å². The van der Waals surface area contributed by atoms with E-state index in [-0.39, 0.29) is 24.0 Å². The molecule has 0 spiro atoms. The number of rotatable bonds is 6. The van der Waals surface area contributed by atoms with E-state index in [4.69, 9.17) is 5.73 Å². The van der Waals surface area contributed by atoms with Crippen LogP contribution in [0.1, 0.15) is 39.0 Å². The van der Waals surface area contributed by atoms with Gasteiger partial charge in [0, 0.05) is 19.1 Å². The second-order valence-corrected chi connectivity index (χ2v) is 5.36. The molecule has 0 aliphatic heterocycles. The lowest BCUT2D eigenvalue weighted by Gasteiger charge is -2.31. The maximum Gasteiger partial charge on any atom is 0.188 e. The number of hydrogen-bond acceptors (Lipinski definition) is 2. The van der Waals surface area contributed by atoms with Gasteiger partial charge in [0.25, 0.3) is 0 Å². The summed E-state index contributed by atoms with van der Waals surface area (Å²) >= 11 is 0. The number of hydrogen-bond donors (Lipinski definition) is 2. The smallest absolute Gasteiger partial charge is 0.188 e. The van der Waals surface area contributed by atoms with Crippen LogP contribution in [-0.2, 0) is 0 Å². The highest BCUT2D eigenvalue weighted by atomic mass is 127. The number of nitrogens with two attached hydrogens (primary N) is 1. The van der Waals surface area contributed by atoms with Gasteiger partial charge in [0.2, 0.25) is 0 Å². The van der Waals surface area contributed by atoms with Crippen LogP contribution in [0.25, 0.3) is 0 Å². The van der Waals surface area contributed by atoms with Crippen LogP contribution in [-0.4, -0.2) is 43.6 Å². The van der Waals surface area contributed by atoms with Crippen LogP contribution in [0.5, 0.6) is 0 Å². The van der Waals surface area contributed by atoms with E-state index in [1.54, 1.807) is 0 Å². The molecule has 1 aliphatic carbocycles. The van der Waals surface area contributed by atoms with Gasteiger partial charge in [-0.1, -0.05) is 31.4 Å². The minimum Gasteiger partial charge on any atom is -0.370 e. The van der Waals surface area contributed by atoms with Crippen LogP contribution < -0.4 is 11.1 Å². The topological polar surface area (TPSA) is 53.6 Å². The van der Waals surface area contributed by atoms with E-state index in [0.717, 1.165) is 24.7 Å². The van der Waals surface area contributed by atoms with E-state index in [2.05, 4.69) is 28.8 Å². The Morgan fingerprint density at radius 1 is 1.37 bits per heavy atom. The first kappa shape index (κ1) is 18.7. The molecular weight excluding hydrogens is 351 g/mol. The summed E-state index contributed by atoms with van der Waals surface area (Å²) in [5, 5.41) is 3.15. The van der Waals surface area contributed by atoms with Gasteiger partial charge in [0.05, 0.1) is 6.54 Å². The molecule has 0 unspecified atom stereocenters. The van der Waals surface area contributed by atoms with E-state index < -0.39 is 0 Å².